The first-order valence-corrected chi connectivity index (χ1v) is 5.25. The van der Waals surface area contributed by atoms with Crippen LogP contribution in [0.3, 0.4) is 0 Å². The van der Waals surface area contributed by atoms with E-state index in [1.807, 2.05) is 14.0 Å². The fourth-order valence-corrected chi connectivity index (χ4v) is 2.27. The Hall–Kier alpha value is -0.795. The van der Waals surface area contributed by atoms with Crippen LogP contribution in [0.1, 0.15) is 35.6 Å². The van der Waals surface area contributed by atoms with Crippen LogP contribution in [-0.2, 0) is 13.0 Å². The molecule has 0 unspecified atom stereocenters. The molecular formula is C11H16BNO. The number of aliphatic hydroxyl groups is 1. The summed E-state index contributed by atoms with van der Waals surface area (Å²) in [5, 5.41) is 12.4. The fraction of sp³-hybridized carbons (Fsp3) is 0.455. The summed E-state index contributed by atoms with van der Waals surface area (Å²) in [5.74, 6) is 0. The molecule has 0 aliphatic heterocycles. The zero-order chi connectivity index (χ0) is 9.97. The van der Waals surface area contributed by atoms with Crippen LogP contribution < -0.4 is 5.23 Å². The minimum atomic E-state index is 0.150. The van der Waals surface area contributed by atoms with E-state index < -0.39 is 0 Å². The quantitative estimate of drug-likeness (QED) is 0.671. The van der Waals surface area contributed by atoms with Gasteiger partial charge in [0.1, 0.15) is 0 Å². The van der Waals surface area contributed by atoms with E-state index in [-0.39, 0.29) is 6.61 Å². The second-order valence-electron chi connectivity index (χ2n) is 3.92. The molecule has 1 aliphatic carbocycles. The third-order valence-corrected chi connectivity index (χ3v) is 3.05. The van der Waals surface area contributed by atoms with E-state index in [1.165, 1.54) is 24.0 Å². The molecule has 0 heterocycles. The third kappa shape index (κ3) is 1.70. The first-order valence-electron chi connectivity index (χ1n) is 5.25. The van der Waals surface area contributed by atoms with Crippen molar-refractivity contribution in [3.8, 4) is 0 Å². The van der Waals surface area contributed by atoms with Crippen molar-refractivity contribution in [2.24, 2.45) is 0 Å². The van der Waals surface area contributed by atoms with Gasteiger partial charge in [-0.15, -0.1) is 0 Å². The maximum absolute atomic E-state index is 9.05. The van der Waals surface area contributed by atoms with Crippen molar-refractivity contribution in [3.05, 3.63) is 34.9 Å². The SMILES string of the molecule is BN[C@@H]1CCCc2cc(CO)ccc21. The molecule has 1 aliphatic rings. The predicted molar refractivity (Wildman–Crippen MR) is 59.7 cm³/mol. The highest BCUT2D eigenvalue weighted by Crippen LogP contribution is 2.29. The van der Waals surface area contributed by atoms with Crippen LogP contribution in [0.25, 0.3) is 0 Å². The number of benzene rings is 1. The summed E-state index contributed by atoms with van der Waals surface area (Å²) in [6.45, 7) is 0.150. The molecule has 0 saturated heterocycles. The topological polar surface area (TPSA) is 32.3 Å². The summed E-state index contributed by atoms with van der Waals surface area (Å²) >= 11 is 0. The van der Waals surface area contributed by atoms with Crippen LogP contribution in [0, 0.1) is 0 Å². The molecule has 1 aromatic carbocycles. The van der Waals surface area contributed by atoms with E-state index in [4.69, 9.17) is 5.11 Å². The maximum atomic E-state index is 9.05. The van der Waals surface area contributed by atoms with Crippen molar-refractivity contribution in [2.45, 2.75) is 31.9 Å². The highest BCUT2D eigenvalue weighted by Gasteiger charge is 2.17. The van der Waals surface area contributed by atoms with Crippen LogP contribution in [0.15, 0.2) is 18.2 Å². The van der Waals surface area contributed by atoms with Crippen LogP contribution in [-0.4, -0.2) is 13.1 Å². The van der Waals surface area contributed by atoms with Gasteiger partial charge < -0.3 is 10.3 Å². The van der Waals surface area contributed by atoms with Gasteiger partial charge >= 0.3 is 0 Å². The van der Waals surface area contributed by atoms with Gasteiger partial charge in [-0.25, -0.2) is 0 Å². The first kappa shape index (κ1) is 9.75. The number of aryl methyl sites for hydroxylation is 1. The summed E-state index contributed by atoms with van der Waals surface area (Å²) in [6, 6.07) is 6.82. The number of hydrogen-bond donors (Lipinski definition) is 2. The molecule has 0 radical (unpaired) electrons. The molecular weight excluding hydrogens is 173 g/mol. The Morgan fingerprint density at radius 3 is 3.07 bits per heavy atom. The Bertz CT molecular complexity index is 327. The molecule has 74 valence electrons. The highest BCUT2D eigenvalue weighted by atomic mass is 16.3. The van der Waals surface area contributed by atoms with Gasteiger partial charge in [-0.1, -0.05) is 18.2 Å². The first-order chi connectivity index (χ1) is 6.85. The summed E-state index contributed by atoms with van der Waals surface area (Å²) < 4.78 is 0. The number of rotatable bonds is 2. The Labute approximate surface area is 85.8 Å². The molecule has 0 bridgehead atoms. The molecule has 1 aromatic rings. The summed E-state index contributed by atoms with van der Waals surface area (Å²) in [6.07, 6.45) is 3.62. The second kappa shape index (κ2) is 4.15. The van der Waals surface area contributed by atoms with Crippen molar-refractivity contribution in [3.63, 3.8) is 0 Å². The summed E-state index contributed by atoms with van der Waals surface area (Å²) in [5.41, 5.74) is 3.85. The molecule has 0 spiro atoms. The van der Waals surface area contributed by atoms with Crippen molar-refractivity contribution in [1.82, 2.24) is 5.23 Å². The van der Waals surface area contributed by atoms with Crippen molar-refractivity contribution in [2.75, 3.05) is 0 Å². The monoisotopic (exact) mass is 189 g/mol. The summed E-state index contributed by atoms with van der Waals surface area (Å²) in [4.78, 5) is 0. The zero-order valence-electron chi connectivity index (χ0n) is 8.59. The molecule has 0 fully saturated rings. The van der Waals surface area contributed by atoms with Crippen LogP contribution in [0.4, 0.5) is 0 Å². The van der Waals surface area contributed by atoms with Gasteiger partial charge in [0, 0.05) is 6.04 Å². The number of nitrogens with one attached hydrogen (secondary N) is 1. The van der Waals surface area contributed by atoms with Gasteiger partial charge in [0.15, 0.2) is 7.98 Å². The third-order valence-electron chi connectivity index (χ3n) is 3.05. The van der Waals surface area contributed by atoms with E-state index in [0.29, 0.717) is 6.04 Å². The molecule has 14 heavy (non-hydrogen) atoms. The lowest BCUT2D eigenvalue weighted by atomic mass is 9.86. The molecule has 3 heteroatoms. The molecule has 0 amide bonds. The van der Waals surface area contributed by atoms with E-state index in [0.717, 1.165) is 12.0 Å². The fourth-order valence-electron chi connectivity index (χ4n) is 2.27. The maximum Gasteiger partial charge on any atom is 0.182 e. The van der Waals surface area contributed by atoms with Crippen molar-refractivity contribution in [1.29, 1.82) is 0 Å². The lowest BCUT2D eigenvalue weighted by molar-refractivity contribution is 0.281. The van der Waals surface area contributed by atoms with Gasteiger partial charge in [-0.2, -0.15) is 0 Å². The Kier molecular flexibility index (Phi) is 2.89. The van der Waals surface area contributed by atoms with Gasteiger partial charge in [0.25, 0.3) is 0 Å². The highest BCUT2D eigenvalue weighted by molar-refractivity contribution is 6.04. The molecule has 2 N–H and O–H groups in total. The largest absolute Gasteiger partial charge is 0.392 e. The van der Waals surface area contributed by atoms with E-state index >= 15 is 0 Å². The average Bonchev–Trinajstić information content (AvgIpc) is 2.27. The average molecular weight is 189 g/mol. The smallest absolute Gasteiger partial charge is 0.182 e. The van der Waals surface area contributed by atoms with Crippen molar-refractivity contribution >= 4 is 7.98 Å². The van der Waals surface area contributed by atoms with E-state index in [9.17, 15) is 0 Å². The molecule has 0 aromatic heterocycles. The van der Waals surface area contributed by atoms with E-state index in [1.54, 1.807) is 0 Å². The summed E-state index contributed by atoms with van der Waals surface area (Å²) in [7, 11) is 2.01. The van der Waals surface area contributed by atoms with Gasteiger partial charge in [0.2, 0.25) is 0 Å². The van der Waals surface area contributed by atoms with Crippen molar-refractivity contribution < 1.29 is 5.11 Å². The molecule has 0 saturated carbocycles. The molecule has 2 rings (SSSR count). The number of fused-ring (bicyclic) bond motifs is 1. The standard InChI is InChI=1S/C11H16BNO/c12-13-11-3-1-2-9-6-8(7-14)4-5-10(9)11/h4-6,11,13-14H,1-3,7,12H2/t11-/m1/s1. The zero-order valence-corrected chi connectivity index (χ0v) is 8.59. The molecule has 1 atom stereocenters. The van der Waals surface area contributed by atoms with Gasteiger partial charge in [-0.3, -0.25) is 0 Å². The number of aliphatic hydroxyl groups excluding tert-OH is 1. The lowest BCUT2D eigenvalue weighted by Crippen LogP contribution is -2.22. The lowest BCUT2D eigenvalue weighted by Gasteiger charge is -2.25. The van der Waals surface area contributed by atoms with Crippen LogP contribution in [0.2, 0.25) is 0 Å². The predicted octanol–water partition coefficient (Wildman–Crippen LogP) is 0.694. The Balaban J connectivity index is 2.35. The second-order valence-corrected chi connectivity index (χ2v) is 3.92. The van der Waals surface area contributed by atoms with Crippen LogP contribution in [0.5, 0.6) is 0 Å². The van der Waals surface area contributed by atoms with Gasteiger partial charge in [0.05, 0.1) is 6.61 Å². The minimum absolute atomic E-state index is 0.150. The minimum Gasteiger partial charge on any atom is -0.392 e. The Morgan fingerprint density at radius 1 is 1.50 bits per heavy atom. The molecule has 2 nitrogen and oxygen atoms in total. The van der Waals surface area contributed by atoms with E-state index in [2.05, 4.69) is 17.4 Å². The normalized spacial score (nSPS) is 20.5. The Morgan fingerprint density at radius 2 is 2.36 bits per heavy atom. The van der Waals surface area contributed by atoms with Gasteiger partial charge in [-0.05, 0) is 36.0 Å². The van der Waals surface area contributed by atoms with Crippen LogP contribution >= 0.6 is 0 Å². The number of hydrogen-bond acceptors (Lipinski definition) is 2.